The molecule has 24 heavy (non-hydrogen) atoms. The van der Waals surface area contributed by atoms with Crippen LogP contribution in [-0.4, -0.2) is 48.9 Å². The van der Waals surface area contributed by atoms with Gasteiger partial charge in [0, 0.05) is 6.42 Å². The predicted molar refractivity (Wildman–Crippen MR) is 79.9 cm³/mol. The molecular formula is C14H14N4O6. The van der Waals surface area contributed by atoms with Gasteiger partial charge in [0.1, 0.15) is 6.04 Å². The van der Waals surface area contributed by atoms with Gasteiger partial charge in [-0.3, -0.25) is 14.6 Å². The van der Waals surface area contributed by atoms with E-state index in [9.17, 15) is 19.2 Å². The fourth-order valence-corrected chi connectivity index (χ4v) is 1.92. The third-order valence-electron chi connectivity index (χ3n) is 3.08. The SMILES string of the molecule is O=C(O)CCC(NC(=O)c1nn(-c2ccccc2)c(=O)[nH]1)C(=O)O. The van der Waals surface area contributed by atoms with Crippen LogP contribution in [0.3, 0.4) is 0 Å². The van der Waals surface area contributed by atoms with E-state index < -0.39 is 36.0 Å². The Morgan fingerprint density at radius 3 is 2.46 bits per heavy atom. The number of rotatable bonds is 7. The van der Waals surface area contributed by atoms with Crippen molar-refractivity contribution in [1.82, 2.24) is 20.1 Å². The Kier molecular flexibility index (Phi) is 5.09. The monoisotopic (exact) mass is 334 g/mol. The fraction of sp³-hybridized carbons (Fsp3) is 0.214. The van der Waals surface area contributed by atoms with Crippen LogP contribution in [0.1, 0.15) is 23.5 Å². The van der Waals surface area contributed by atoms with E-state index in [2.05, 4.69) is 15.4 Å². The molecule has 10 nitrogen and oxygen atoms in total. The average molecular weight is 334 g/mol. The summed E-state index contributed by atoms with van der Waals surface area (Å²) >= 11 is 0. The van der Waals surface area contributed by atoms with Crippen molar-refractivity contribution in [2.24, 2.45) is 0 Å². The Balaban J connectivity index is 2.16. The zero-order valence-corrected chi connectivity index (χ0v) is 12.3. The summed E-state index contributed by atoms with van der Waals surface area (Å²) in [6.45, 7) is 0. The van der Waals surface area contributed by atoms with Gasteiger partial charge >= 0.3 is 17.6 Å². The Hall–Kier alpha value is -3.43. The minimum absolute atomic E-state index is 0.292. The molecular weight excluding hydrogens is 320 g/mol. The molecule has 0 fully saturated rings. The van der Waals surface area contributed by atoms with Crippen LogP contribution in [0.25, 0.3) is 5.69 Å². The van der Waals surface area contributed by atoms with E-state index in [1.807, 2.05) is 0 Å². The molecule has 1 heterocycles. The maximum Gasteiger partial charge on any atom is 0.348 e. The van der Waals surface area contributed by atoms with Crippen LogP contribution in [0.5, 0.6) is 0 Å². The summed E-state index contributed by atoms with van der Waals surface area (Å²) in [5, 5.41) is 23.6. The van der Waals surface area contributed by atoms with Crippen molar-refractivity contribution >= 4 is 17.8 Å². The second-order valence-electron chi connectivity index (χ2n) is 4.82. The molecule has 1 atom stereocenters. The number of carbonyl (C=O) groups excluding carboxylic acids is 1. The van der Waals surface area contributed by atoms with Gasteiger partial charge in [-0.05, 0) is 18.6 Å². The molecule has 0 spiro atoms. The Morgan fingerprint density at radius 1 is 1.21 bits per heavy atom. The van der Waals surface area contributed by atoms with Crippen LogP contribution in [0, 0.1) is 0 Å². The highest BCUT2D eigenvalue weighted by molar-refractivity contribution is 5.93. The first-order chi connectivity index (χ1) is 11.4. The molecule has 2 aromatic rings. The summed E-state index contributed by atoms with van der Waals surface area (Å²) in [6.07, 6.45) is -0.716. The van der Waals surface area contributed by atoms with Gasteiger partial charge < -0.3 is 15.5 Å². The molecule has 4 N–H and O–H groups in total. The Morgan fingerprint density at radius 2 is 1.88 bits per heavy atom. The van der Waals surface area contributed by atoms with E-state index in [-0.39, 0.29) is 12.2 Å². The number of aliphatic carboxylic acids is 2. The van der Waals surface area contributed by atoms with E-state index >= 15 is 0 Å². The van der Waals surface area contributed by atoms with Crippen LogP contribution in [-0.2, 0) is 9.59 Å². The largest absolute Gasteiger partial charge is 0.481 e. The number of nitrogens with one attached hydrogen (secondary N) is 2. The number of H-pyrrole nitrogens is 1. The van der Waals surface area contributed by atoms with Crippen molar-refractivity contribution in [1.29, 1.82) is 0 Å². The number of benzene rings is 1. The molecule has 2 rings (SSSR count). The molecule has 10 heteroatoms. The van der Waals surface area contributed by atoms with Crippen LogP contribution in [0.2, 0.25) is 0 Å². The molecule has 0 aliphatic rings. The predicted octanol–water partition coefficient (Wildman–Crippen LogP) is -0.392. The minimum atomic E-state index is -1.40. The molecule has 0 aliphatic heterocycles. The molecule has 1 aromatic heterocycles. The van der Waals surface area contributed by atoms with Crippen molar-refractivity contribution in [3.63, 3.8) is 0 Å². The van der Waals surface area contributed by atoms with Crippen LogP contribution >= 0.6 is 0 Å². The highest BCUT2D eigenvalue weighted by Gasteiger charge is 2.23. The van der Waals surface area contributed by atoms with Gasteiger partial charge in [-0.25, -0.2) is 9.59 Å². The zero-order chi connectivity index (χ0) is 17.7. The smallest absolute Gasteiger partial charge is 0.348 e. The lowest BCUT2D eigenvalue weighted by Gasteiger charge is -2.11. The standard InChI is InChI=1S/C14H14N4O6/c19-10(20)7-6-9(13(22)23)15-12(21)11-16-14(24)18(17-11)8-4-2-1-3-5-8/h1-5,9H,6-7H2,(H,15,21)(H,19,20)(H,22,23)(H,16,17,24). The molecule has 1 aromatic carbocycles. The van der Waals surface area contributed by atoms with Gasteiger partial charge in [-0.15, -0.1) is 5.10 Å². The highest BCUT2D eigenvalue weighted by Crippen LogP contribution is 2.03. The maximum atomic E-state index is 12.0. The number of carbonyl (C=O) groups is 3. The van der Waals surface area contributed by atoms with Crippen molar-refractivity contribution in [3.05, 3.63) is 46.6 Å². The second kappa shape index (κ2) is 7.22. The first-order valence-electron chi connectivity index (χ1n) is 6.88. The quantitative estimate of drug-likeness (QED) is 0.537. The number of nitrogens with zero attached hydrogens (tertiary/aromatic N) is 2. The van der Waals surface area contributed by atoms with Crippen LogP contribution in [0.4, 0.5) is 0 Å². The zero-order valence-electron chi connectivity index (χ0n) is 12.3. The highest BCUT2D eigenvalue weighted by atomic mass is 16.4. The topological polar surface area (TPSA) is 154 Å². The average Bonchev–Trinajstić information content (AvgIpc) is 2.93. The number of aromatic nitrogens is 3. The number of carboxylic acids is 2. The number of para-hydroxylation sites is 1. The maximum absolute atomic E-state index is 12.0. The van der Waals surface area contributed by atoms with E-state index in [1.54, 1.807) is 30.3 Å². The minimum Gasteiger partial charge on any atom is -0.481 e. The van der Waals surface area contributed by atoms with Gasteiger partial charge in [0.05, 0.1) is 5.69 Å². The van der Waals surface area contributed by atoms with E-state index in [4.69, 9.17) is 10.2 Å². The van der Waals surface area contributed by atoms with Crippen molar-refractivity contribution < 1.29 is 24.6 Å². The number of carboxylic acid groups (broad SMARTS) is 2. The summed E-state index contributed by atoms with van der Waals surface area (Å²) in [5.74, 6) is -3.85. The van der Waals surface area contributed by atoms with Gasteiger partial charge in [0.2, 0.25) is 5.82 Å². The van der Waals surface area contributed by atoms with Crippen LogP contribution in [0.15, 0.2) is 35.1 Å². The fourth-order valence-electron chi connectivity index (χ4n) is 1.92. The molecule has 0 aliphatic carbocycles. The lowest BCUT2D eigenvalue weighted by Crippen LogP contribution is -2.41. The van der Waals surface area contributed by atoms with Crippen molar-refractivity contribution in [2.75, 3.05) is 0 Å². The molecule has 0 saturated carbocycles. The number of amides is 1. The van der Waals surface area contributed by atoms with Gasteiger partial charge in [0.25, 0.3) is 5.91 Å². The van der Waals surface area contributed by atoms with E-state index in [0.29, 0.717) is 5.69 Å². The Bertz CT molecular complexity index is 810. The number of hydrogen-bond donors (Lipinski definition) is 4. The first-order valence-corrected chi connectivity index (χ1v) is 6.88. The van der Waals surface area contributed by atoms with Gasteiger partial charge in [0.15, 0.2) is 0 Å². The summed E-state index contributed by atoms with van der Waals surface area (Å²) in [5.41, 5.74) is -0.234. The van der Waals surface area contributed by atoms with E-state index in [1.165, 1.54) is 0 Å². The molecule has 0 saturated heterocycles. The Labute approximate surface area is 134 Å². The number of aromatic amines is 1. The number of hydrogen-bond acceptors (Lipinski definition) is 5. The summed E-state index contributed by atoms with van der Waals surface area (Å²) in [6, 6.07) is 6.92. The molecule has 1 amide bonds. The summed E-state index contributed by atoms with van der Waals surface area (Å²) in [4.78, 5) is 47.7. The first kappa shape index (κ1) is 16.9. The third kappa shape index (κ3) is 4.06. The third-order valence-corrected chi connectivity index (χ3v) is 3.08. The molecule has 0 radical (unpaired) electrons. The lowest BCUT2D eigenvalue weighted by atomic mass is 10.1. The second-order valence-corrected chi connectivity index (χ2v) is 4.82. The molecule has 126 valence electrons. The van der Waals surface area contributed by atoms with E-state index in [0.717, 1.165) is 4.68 Å². The molecule has 0 bridgehead atoms. The van der Waals surface area contributed by atoms with Crippen LogP contribution < -0.4 is 11.0 Å². The lowest BCUT2D eigenvalue weighted by molar-refractivity contribution is -0.140. The normalized spacial score (nSPS) is 11.7. The molecule has 1 unspecified atom stereocenters. The van der Waals surface area contributed by atoms with Gasteiger partial charge in [-0.1, -0.05) is 18.2 Å². The van der Waals surface area contributed by atoms with Gasteiger partial charge in [-0.2, -0.15) is 4.68 Å². The van der Waals surface area contributed by atoms with Crippen molar-refractivity contribution in [3.8, 4) is 5.69 Å². The van der Waals surface area contributed by atoms with Crippen molar-refractivity contribution in [2.45, 2.75) is 18.9 Å². The summed E-state index contributed by atoms with van der Waals surface area (Å²) in [7, 11) is 0. The summed E-state index contributed by atoms with van der Waals surface area (Å²) < 4.78 is 0.960.